The topological polar surface area (TPSA) is 35.8 Å². The van der Waals surface area contributed by atoms with Crippen LogP contribution in [0.1, 0.15) is 11.1 Å². The van der Waals surface area contributed by atoms with Crippen LogP contribution in [0.25, 0.3) is 0 Å². The lowest BCUT2D eigenvalue weighted by atomic mass is 10.2. The van der Waals surface area contributed by atoms with E-state index in [0.717, 1.165) is 18.7 Å². The third kappa shape index (κ3) is 3.23. The molecule has 0 saturated carbocycles. The van der Waals surface area contributed by atoms with Crippen LogP contribution in [0.5, 0.6) is 0 Å². The summed E-state index contributed by atoms with van der Waals surface area (Å²) in [6.07, 6.45) is 0.955. The van der Waals surface area contributed by atoms with Crippen molar-refractivity contribution >= 4 is 28.6 Å². The number of nitriles is 1. The molecule has 1 aromatic carbocycles. The molecule has 0 fully saturated rings. The van der Waals surface area contributed by atoms with E-state index >= 15 is 0 Å². The standard InChI is InChI=1S/C13H11ClN2S/c14-12-2-1-11(8-15)7-13(12)16-5-3-10-4-6-17-9-10/h1-2,4,6-7,9,16H,3,5H2. The summed E-state index contributed by atoms with van der Waals surface area (Å²) in [5, 5.41) is 16.9. The van der Waals surface area contributed by atoms with Gasteiger partial charge in [0.25, 0.3) is 0 Å². The van der Waals surface area contributed by atoms with E-state index in [0.29, 0.717) is 10.6 Å². The first-order chi connectivity index (χ1) is 8.29. The summed E-state index contributed by atoms with van der Waals surface area (Å²) in [4.78, 5) is 0. The number of halogens is 1. The summed E-state index contributed by atoms with van der Waals surface area (Å²) < 4.78 is 0. The molecule has 2 aromatic rings. The molecule has 0 amide bonds. The van der Waals surface area contributed by atoms with Crippen molar-refractivity contribution in [1.82, 2.24) is 0 Å². The van der Waals surface area contributed by atoms with E-state index in [1.54, 1.807) is 29.5 Å². The fraction of sp³-hybridized carbons (Fsp3) is 0.154. The Morgan fingerprint density at radius 2 is 2.24 bits per heavy atom. The normalized spacial score (nSPS) is 9.88. The first-order valence-corrected chi connectivity index (χ1v) is 6.56. The molecule has 0 aliphatic heterocycles. The molecule has 1 N–H and O–H groups in total. The van der Waals surface area contributed by atoms with E-state index in [2.05, 4.69) is 28.2 Å². The molecule has 0 bridgehead atoms. The summed E-state index contributed by atoms with van der Waals surface area (Å²) in [6, 6.07) is 9.44. The zero-order chi connectivity index (χ0) is 12.1. The van der Waals surface area contributed by atoms with Crippen LogP contribution in [0.2, 0.25) is 5.02 Å². The Bertz CT molecular complexity index is 529. The molecule has 0 aliphatic carbocycles. The number of anilines is 1. The number of hydrogen-bond donors (Lipinski definition) is 1. The molecule has 1 aromatic heterocycles. The lowest BCUT2D eigenvalue weighted by Gasteiger charge is -2.07. The predicted molar refractivity (Wildman–Crippen MR) is 72.7 cm³/mol. The largest absolute Gasteiger partial charge is 0.383 e. The third-order valence-corrected chi connectivity index (χ3v) is 3.47. The van der Waals surface area contributed by atoms with Crippen molar-refractivity contribution in [1.29, 1.82) is 5.26 Å². The van der Waals surface area contributed by atoms with E-state index in [1.807, 2.05) is 0 Å². The molecule has 4 heteroatoms. The Kier molecular flexibility index (Phi) is 4.03. The average molecular weight is 263 g/mol. The van der Waals surface area contributed by atoms with Gasteiger partial charge in [0.05, 0.1) is 22.3 Å². The second-order valence-corrected chi connectivity index (χ2v) is 4.80. The second-order valence-electron chi connectivity index (χ2n) is 3.61. The molecule has 0 radical (unpaired) electrons. The van der Waals surface area contributed by atoms with Gasteiger partial charge < -0.3 is 5.32 Å². The average Bonchev–Trinajstić information content (AvgIpc) is 2.84. The number of thiophene rings is 1. The van der Waals surface area contributed by atoms with Crippen molar-refractivity contribution < 1.29 is 0 Å². The quantitative estimate of drug-likeness (QED) is 0.906. The molecular weight excluding hydrogens is 252 g/mol. The van der Waals surface area contributed by atoms with Gasteiger partial charge in [0.15, 0.2) is 0 Å². The Morgan fingerprint density at radius 1 is 1.35 bits per heavy atom. The van der Waals surface area contributed by atoms with Gasteiger partial charge in [0, 0.05) is 6.54 Å². The minimum atomic E-state index is 0.618. The van der Waals surface area contributed by atoms with Crippen molar-refractivity contribution in [2.45, 2.75) is 6.42 Å². The van der Waals surface area contributed by atoms with Gasteiger partial charge in [-0.2, -0.15) is 16.6 Å². The highest BCUT2D eigenvalue weighted by molar-refractivity contribution is 7.07. The first kappa shape index (κ1) is 12.0. The van der Waals surface area contributed by atoms with Gasteiger partial charge >= 0.3 is 0 Å². The maximum atomic E-state index is 8.81. The van der Waals surface area contributed by atoms with Crippen molar-refractivity contribution in [3.63, 3.8) is 0 Å². The molecule has 2 nitrogen and oxygen atoms in total. The first-order valence-electron chi connectivity index (χ1n) is 5.24. The van der Waals surface area contributed by atoms with Crippen LogP contribution in [0.4, 0.5) is 5.69 Å². The smallest absolute Gasteiger partial charge is 0.0992 e. The van der Waals surface area contributed by atoms with Crippen molar-refractivity contribution in [2.24, 2.45) is 0 Å². The van der Waals surface area contributed by atoms with Gasteiger partial charge in [0.2, 0.25) is 0 Å². The Labute approximate surface area is 109 Å². The highest BCUT2D eigenvalue weighted by Gasteiger charge is 2.01. The highest BCUT2D eigenvalue weighted by atomic mass is 35.5. The van der Waals surface area contributed by atoms with Crippen LogP contribution in [0.15, 0.2) is 35.0 Å². The number of nitrogens with one attached hydrogen (secondary N) is 1. The summed E-state index contributed by atoms with van der Waals surface area (Å²) in [7, 11) is 0. The van der Waals surface area contributed by atoms with Gasteiger partial charge in [-0.25, -0.2) is 0 Å². The van der Waals surface area contributed by atoms with Crippen LogP contribution in [0, 0.1) is 11.3 Å². The molecule has 0 atom stereocenters. The third-order valence-electron chi connectivity index (χ3n) is 2.40. The van der Waals surface area contributed by atoms with Crippen LogP contribution in [-0.2, 0) is 6.42 Å². The van der Waals surface area contributed by atoms with Crippen molar-refractivity contribution in [3.8, 4) is 6.07 Å². The zero-order valence-corrected chi connectivity index (χ0v) is 10.7. The van der Waals surface area contributed by atoms with Gasteiger partial charge in [-0.05, 0) is 47.0 Å². The molecular formula is C13H11ClN2S. The summed E-state index contributed by atoms with van der Waals surface area (Å²) in [5.41, 5.74) is 2.75. The van der Waals surface area contributed by atoms with Crippen LogP contribution in [-0.4, -0.2) is 6.54 Å². The van der Waals surface area contributed by atoms with Crippen LogP contribution >= 0.6 is 22.9 Å². The number of rotatable bonds is 4. The van der Waals surface area contributed by atoms with Crippen LogP contribution in [0.3, 0.4) is 0 Å². The summed E-state index contributed by atoms with van der Waals surface area (Å²) in [5.74, 6) is 0. The molecule has 0 unspecified atom stereocenters. The molecule has 2 rings (SSSR count). The van der Waals surface area contributed by atoms with E-state index in [1.165, 1.54) is 5.56 Å². The summed E-state index contributed by atoms with van der Waals surface area (Å²) in [6.45, 7) is 0.811. The maximum absolute atomic E-state index is 8.81. The molecule has 1 heterocycles. The number of nitrogens with zero attached hydrogens (tertiary/aromatic N) is 1. The molecule has 17 heavy (non-hydrogen) atoms. The van der Waals surface area contributed by atoms with Crippen molar-refractivity contribution in [2.75, 3.05) is 11.9 Å². The lowest BCUT2D eigenvalue weighted by molar-refractivity contribution is 1.03. The van der Waals surface area contributed by atoms with Crippen LogP contribution < -0.4 is 5.32 Å². The number of benzene rings is 1. The lowest BCUT2D eigenvalue weighted by Crippen LogP contribution is -2.04. The van der Waals surface area contributed by atoms with Gasteiger partial charge in [-0.1, -0.05) is 11.6 Å². The fourth-order valence-corrected chi connectivity index (χ4v) is 2.39. The predicted octanol–water partition coefficient (Wildman–Crippen LogP) is 3.93. The Morgan fingerprint density at radius 3 is 2.94 bits per heavy atom. The zero-order valence-electron chi connectivity index (χ0n) is 9.11. The van der Waals surface area contributed by atoms with Gasteiger partial charge in [-0.3, -0.25) is 0 Å². The fourth-order valence-electron chi connectivity index (χ4n) is 1.51. The summed E-state index contributed by atoms with van der Waals surface area (Å²) >= 11 is 7.74. The van der Waals surface area contributed by atoms with E-state index < -0.39 is 0 Å². The Balaban J connectivity index is 1.97. The highest BCUT2D eigenvalue weighted by Crippen LogP contribution is 2.22. The monoisotopic (exact) mass is 262 g/mol. The van der Waals surface area contributed by atoms with Crippen molar-refractivity contribution in [3.05, 3.63) is 51.2 Å². The SMILES string of the molecule is N#Cc1ccc(Cl)c(NCCc2ccsc2)c1. The van der Waals surface area contributed by atoms with E-state index in [-0.39, 0.29) is 0 Å². The minimum absolute atomic E-state index is 0.618. The maximum Gasteiger partial charge on any atom is 0.0992 e. The molecule has 86 valence electrons. The minimum Gasteiger partial charge on any atom is -0.383 e. The second kappa shape index (κ2) is 5.72. The Hall–Kier alpha value is -1.50. The number of hydrogen-bond acceptors (Lipinski definition) is 3. The van der Waals surface area contributed by atoms with E-state index in [4.69, 9.17) is 16.9 Å². The van der Waals surface area contributed by atoms with Gasteiger partial charge in [-0.15, -0.1) is 0 Å². The molecule has 0 spiro atoms. The van der Waals surface area contributed by atoms with E-state index in [9.17, 15) is 0 Å². The molecule has 0 aliphatic rings. The van der Waals surface area contributed by atoms with Gasteiger partial charge in [0.1, 0.15) is 0 Å². The molecule has 0 saturated heterocycles.